The van der Waals surface area contributed by atoms with E-state index in [-0.39, 0.29) is 24.7 Å². The van der Waals surface area contributed by atoms with Crippen LogP contribution in [0.5, 0.6) is 0 Å². The summed E-state index contributed by atoms with van der Waals surface area (Å²) in [5.74, 6) is -7.54. The maximum atomic E-state index is 13.8. The van der Waals surface area contributed by atoms with Gasteiger partial charge in [0.15, 0.2) is 0 Å². The average Bonchev–Trinajstić information content (AvgIpc) is 3.12. The molecule has 1 aliphatic heterocycles. The number of nitrogens with zero attached hydrogens (tertiary/aromatic N) is 1. The molecule has 0 aliphatic carbocycles. The first-order valence-corrected chi connectivity index (χ1v) is 19.1. The van der Waals surface area contributed by atoms with Crippen molar-refractivity contribution in [3.05, 3.63) is 0 Å². The zero-order valence-electron chi connectivity index (χ0n) is 33.5. The molecule has 0 bridgehead atoms. The number of aliphatic imine (C=N–C) groups is 1. The van der Waals surface area contributed by atoms with E-state index in [0.717, 1.165) is 0 Å². The second-order valence-corrected chi connectivity index (χ2v) is 15.1. The van der Waals surface area contributed by atoms with Crippen molar-refractivity contribution in [2.24, 2.45) is 34.6 Å². The van der Waals surface area contributed by atoms with Gasteiger partial charge in [0.2, 0.25) is 35.4 Å². The van der Waals surface area contributed by atoms with Crippen LogP contribution in [0, 0.1) is 29.6 Å². The van der Waals surface area contributed by atoms with Gasteiger partial charge in [0.25, 0.3) is 11.8 Å². The van der Waals surface area contributed by atoms with Gasteiger partial charge >= 0.3 is 0 Å². The highest BCUT2D eigenvalue weighted by Crippen LogP contribution is 2.15. The molecule has 8 amide bonds. The second kappa shape index (κ2) is 23.4. The molecule has 0 aromatic heterocycles. The number of hydrogen-bond acceptors (Lipinski definition) is 9. The van der Waals surface area contributed by atoms with Crippen LogP contribution < -0.4 is 37.2 Å². The first-order chi connectivity index (χ1) is 25.3. The largest absolute Gasteiger partial charge is 0.394 e. The van der Waals surface area contributed by atoms with Crippen LogP contribution in [0.4, 0.5) is 0 Å². The molecule has 1 aliphatic rings. The number of carbonyl (C=O) groups excluding carboxylic acids is 8. The van der Waals surface area contributed by atoms with Crippen LogP contribution in [0.1, 0.15) is 101 Å². The Labute approximate surface area is 319 Å². The van der Waals surface area contributed by atoms with E-state index in [9.17, 15) is 43.5 Å². The monoisotopic (exact) mass is 764 g/mol. The third-order valence-corrected chi connectivity index (χ3v) is 9.61. The van der Waals surface area contributed by atoms with E-state index in [4.69, 9.17) is 0 Å². The van der Waals surface area contributed by atoms with Crippen LogP contribution in [-0.4, -0.2) is 108 Å². The summed E-state index contributed by atoms with van der Waals surface area (Å²) in [6.45, 7) is 16.6. The summed E-state index contributed by atoms with van der Waals surface area (Å²) in [6, 6.07) is -7.23. The molecule has 0 unspecified atom stereocenters. The van der Waals surface area contributed by atoms with Crippen molar-refractivity contribution in [1.29, 1.82) is 0 Å². The Hall–Kier alpha value is -4.41. The van der Waals surface area contributed by atoms with Gasteiger partial charge in [-0.25, -0.2) is 4.99 Å². The number of rotatable bonds is 11. The van der Waals surface area contributed by atoms with Crippen LogP contribution in [-0.2, 0) is 38.4 Å². The molecule has 0 spiro atoms. The topological polar surface area (TPSA) is 253 Å². The Kier molecular flexibility index (Phi) is 20.6. The van der Waals surface area contributed by atoms with Gasteiger partial charge in [0.1, 0.15) is 36.3 Å². The van der Waals surface area contributed by atoms with Crippen molar-refractivity contribution >= 4 is 53.5 Å². The fraction of sp³-hybridized carbons (Fsp3) is 0.757. The minimum Gasteiger partial charge on any atom is -0.394 e. The third kappa shape index (κ3) is 15.5. The summed E-state index contributed by atoms with van der Waals surface area (Å²) in [4.78, 5) is 111. The zero-order chi connectivity index (χ0) is 41.3. The average molecular weight is 765 g/mol. The molecule has 0 saturated heterocycles. The summed E-state index contributed by atoms with van der Waals surface area (Å²) < 4.78 is 0. The van der Waals surface area contributed by atoms with Crippen molar-refractivity contribution in [1.82, 2.24) is 37.2 Å². The van der Waals surface area contributed by atoms with E-state index < -0.39 is 114 Å². The molecule has 1 rings (SSSR count). The summed E-state index contributed by atoms with van der Waals surface area (Å²) in [5, 5.41) is 28.1. The highest BCUT2D eigenvalue weighted by Gasteiger charge is 2.36. The van der Waals surface area contributed by atoms with Crippen molar-refractivity contribution < 1.29 is 43.5 Å². The first kappa shape index (κ1) is 47.6. The van der Waals surface area contributed by atoms with Crippen LogP contribution in [0.15, 0.2) is 4.99 Å². The molecule has 306 valence electrons. The lowest BCUT2D eigenvalue weighted by molar-refractivity contribution is -0.136. The van der Waals surface area contributed by atoms with Crippen molar-refractivity contribution in [2.75, 3.05) is 13.2 Å². The standard InChI is InChI=1S/C37H64N8O9/c1-11-21(8)29-35(52)41-24(14-19(4)5)32(49)38-16-27(47)40-26(18-46)34(51)44-31(23(10)13-3)37(54)45-30(22(9)12-2)36(53)42-25(15-20(6)7)33(50)39-17-28(48)43-29/h16,19-26,29-31,46H,11-15,17-18H2,1-10H3,(H,39,50)(H,40,47)(H,41,52)(H,42,53)(H,43,48)(H,44,51)(H,45,54)/t21-,22-,23-,24-,25-,26-,29-,30-,31-/m0/s1. The lowest BCUT2D eigenvalue weighted by atomic mass is 9.94. The van der Waals surface area contributed by atoms with Crippen LogP contribution in [0.25, 0.3) is 0 Å². The number of aliphatic hydroxyl groups excluding tert-OH is 1. The predicted octanol–water partition coefficient (Wildman–Crippen LogP) is -0.155. The summed E-state index contributed by atoms with van der Waals surface area (Å²) in [5.41, 5.74) is 0. The van der Waals surface area contributed by atoms with Crippen molar-refractivity contribution in [3.63, 3.8) is 0 Å². The molecule has 0 fully saturated rings. The lowest BCUT2D eigenvalue weighted by Crippen LogP contribution is -2.61. The van der Waals surface area contributed by atoms with Crippen LogP contribution >= 0.6 is 0 Å². The molecule has 8 N–H and O–H groups in total. The Bertz CT molecular complexity index is 1350. The van der Waals surface area contributed by atoms with E-state index >= 15 is 0 Å². The number of nitrogens with one attached hydrogen (secondary N) is 7. The van der Waals surface area contributed by atoms with Gasteiger partial charge in [-0.3, -0.25) is 38.4 Å². The molecule has 9 atom stereocenters. The van der Waals surface area contributed by atoms with E-state index in [0.29, 0.717) is 25.5 Å². The smallest absolute Gasteiger partial charge is 0.268 e. The molecular formula is C37H64N8O9. The van der Waals surface area contributed by atoms with Gasteiger partial charge in [0, 0.05) is 0 Å². The van der Waals surface area contributed by atoms with E-state index in [1.54, 1.807) is 27.7 Å². The lowest BCUT2D eigenvalue weighted by Gasteiger charge is -2.31. The minimum atomic E-state index is -1.54. The number of hydrogen-bond donors (Lipinski definition) is 8. The van der Waals surface area contributed by atoms with Crippen molar-refractivity contribution in [3.8, 4) is 0 Å². The van der Waals surface area contributed by atoms with Gasteiger partial charge in [-0.1, -0.05) is 88.5 Å². The molecule has 0 aromatic rings. The molecule has 17 nitrogen and oxygen atoms in total. The Balaban J connectivity index is 3.71. The predicted molar refractivity (Wildman–Crippen MR) is 202 cm³/mol. The van der Waals surface area contributed by atoms with Gasteiger partial charge in [-0.15, -0.1) is 0 Å². The van der Waals surface area contributed by atoms with E-state index in [2.05, 4.69) is 42.2 Å². The maximum Gasteiger partial charge on any atom is 0.268 e. The van der Waals surface area contributed by atoms with Gasteiger partial charge in [-0.05, 0) is 42.4 Å². The summed E-state index contributed by atoms with van der Waals surface area (Å²) >= 11 is 0. The highest BCUT2D eigenvalue weighted by atomic mass is 16.3. The molecule has 1 heterocycles. The molecule has 17 heteroatoms. The SMILES string of the molecule is CC[C@H](C)[C@@H]1NC(=O)CNC(=O)[C@H](CC(C)C)NC(=O)[C@H]([C@@H](C)CC)NC(=O)[C@H]([C@@H](C)CC)NC(=O)[C@H](CO)NC(=O)C=NC(=O)[C@H](CC(C)C)NC1=O. The quantitative estimate of drug-likeness (QED) is 0.139. The fourth-order valence-corrected chi connectivity index (χ4v) is 5.65. The fourth-order valence-electron chi connectivity index (χ4n) is 5.65. The first-order valence-electron chi connectivity index (χ1n) is 19.1. The minimum absolute atomic E-state index is 0.0624. The highest BCUT2D eigenvalue weighted by molar-refractivity contribution is 6.28. The Morgan fingerprint density at radius 3 is 1.46 bits per heavy atom. The third-order valence-electron chi connectivity index (χ3n) is 9.61. The molecule has 0 aromatic carbocycles. The molecule has 0 saturated carbocycles. The van der Waals surface area contributed by atoms with Gasteiger partial charge in [-0.2, -0.15) is 0 Å². The van der Waals surface area contributed by atoms with Crippen LogP contribution in [0.3, 0.4) is 0 Å². The maximum absolute atomic E-state index is 13.8. The molecule has 54 heavy (non-hydrogen) atoms. The van der Waals surface area contributed by atoms with Gasteiger partial charge < -0.3 is 42.3 Å². The normalized spacial score (nSPS) is 26.7. The zero-order valence-corrected chi connectivity index (χ0v) is 33.5. The second-order valence-electron chi connectivity index (χ2n) is 15.1. The van der Waals surface area contributed by atoms with E-state index in [1.807, 2.05) is 41.5 Å². The van der Waals surface area contributed by atoms with Crippen molar-refractivity contribution in [2.45, 2.75) is 138 Å². The Morgan fingerprint density at radius 1 is 0.574 bits per heavy atom. The summed E-state index contributed by atoms with van der Waals surface area (Å²) in [6.07, 6.45) is 2.34. The van der Waals surface area contributed by atoms with Gasteiger partial charge in [0.05, 0.1) is 19.4 Å². The molecule has 0 radical (unpaired) electrons. The van der Waals surface area contributed by atoms with E-state index in [1.165, 1.54) is 0 Å². The summed E-state index contributed by atoms with van der Waals surface area (Å²) in [7, 11) is 0. The Morgan fingerprint density at radius 2 is 1.00 bits per heavy atom. The van der Waals surface area contributed by atoms with Crippen LogP contribution in [0.2, 0.25) is 0 Å². The number of carbonyl (C=O) groups is 8. The number of aliphatic hydroxyl groups is 1. The molecular weight excluding hydrogens is 700 g/mol. The number of amides is 8.